The van der Waals surface area contributed by atoms with Crippen LogP contribution in [0.4, 0.5) is 0 Å². The van der Waals surface area contributed by atoms with Crippen LogP contribution in [0.2, 0.25) is 0 Å². The average molecular weight is 257 g/mol. The van der Waals surface area contributed by atoms with Crippen molar-refractivity contribution in [2.75, 3.05) is 6.54 Å². The van der Waals surface area contributed by atoms with Crippen molar-refractivity contribution in [1.29, 1.82) is 0 Å². The van der Waals surface area contributed by atoms with Gasteiger partial charge in [-0.25, -0.2) is 4.98 Å². The van der Waals surface area contributed by atoms with Gasteiger partial charge in [0.1, 0.15) is 0 Å². The number of fused-ring (bicyclic) bond motifs is 1. The van der Waals surface area contributed by atoms with E-state index in [0.717, 1.165) is 24.6 Å². The Hall–Kier alpha value is -1.65. The minimum atomic E-state index is 0.815. The normalized spacial score (nSPS) is 11.2. The maximum absolute atomic E-state index is 4.78. The summed E-state index contributed by atoms with van der Waals surface area (Å²) in [4.78, 5) is 5.99. The van der Waals surface area contributed by atoms with Crippen LogP contribution in [0.5, 0.6) is 0 Å². The van der Waals surface area contributed by atoms with Crippen LogP contribution < -0.4 is 5.32 Å². The molecule has 0 bridgehead atoms. The molecule has 3 aromatic heterocycles. The summed E-state index contributed by atoms with van der Waals surface area (Å²) in [7, 11) is 0. The summed E-state index contributed by atoms with van der Waals surface area (Å²) < 4.78 is 2.17. The Bertz CT molecular complexity index is 640. The Balaban J connectivity index is 2.14. The van der Waals surface area contributed by atoms with Crippen molar-refractivity contribution in [3.05, 3.63) is 47.6 Å². The van der Waals surface area contributed by atoms with Crippen molar-refractivity contribution >= 4 is 16.9 Å². The van der Waals surface area contributed by atoms with Crippen molar-refractivity contribution in [2.24, 2.45) is 0 Å². The zero-order chi connectivity index (χ0) is 12.4. The molecule has 0 aliphatic heterocycles. The Morgan fingerprint density at radius 3 is 3.00 bits per heavy atom. The summed E-state index contributed by atoms with van der Waals surface area (Å²) in [6.45, 7) is 3.88. The van der Waals surface area contributed by atoms with Gasteiger partial charge in [-0.1, -0.05) is 19.1 Å². The summed E-state index contributed by atoms with van der Waals surface area (Å²) in [5, 5.41) is 5.43. The van der Waals surface area contributed by atoms with E-state index in [-0.39, 0.29) is 0 Å². The van der Waals surface area contributed by atoms with Crippen LogP contribution in [0.15, 0.2) is 41.9 Å². The second kappa shape index (κ2) is 4.92. The van der Waals surface area contributed by atoms with Crippen LogP contribution in [0.1, 0.15) is 12.6 Å². The van der Waals surface area contributed by atoms with Gasteiger partial charge in [-0.15, -0.1) is 11.3 Å². The fourth-order valence-electron chi connectivity index (χ4n) is 2.06. The van der Waals surface area contributed by atoms with Crippen molar-refractivity contribution in [2.45, 2.75) is 13.5 Å². The Kier molecular flexibility index (Phi) is 3.13. The first-order chi connectivity index (χ1) is 8.90. The average Bonchev–Trinajstić information content (AvgIpc) is 3.04. The van der Waals surface area contributed by atoms with Crippen LogP contribution in [-0.4, -0.2) is 15.9 Å². The lowest BCUT2D eigenvalue weighted by Gasteiger charge is -1.98. The van der Waals surface area contributed by atoms with Crippen LogP contribution in [0.3, 0.4) is 0 Å². The van der Waals surface area contributed by atoms with Gasteiger partial charge in [-0.05, 0) is 30.1 Å². The van der Waals surface area contributed by atoms with Crippen LogP contribution in [0, 0.1) is 0 Å². The van der Waals surface area contributed by atoms with E-state index in [0.29, 0.717) is 0 Å². The maximum atomic E-state index is 4.78. The quantitative estimate of drug-likeness (QED) is 0.778. The van der Waals surface area contributed by atoms with Crippen molar-refractivity contribution in [1.82, 2.24) is 14.7 Å². The molecule has 0 amide bonds. The monoisotopic (exact) mass is 257 g/mol. The summed E-state index contributed by atoms with van der Waals surface area (Å²) in [6, 6.07) is 10.4. The molecule has 3 heterocycles. The van der Waals surface area contributed by atoms with E-state index in [1.54, 1.807) is 11.3 Å². The molecule has 0 radical (unpaired) electrons. The molecule has 0 atom stereocenters. The maximum Gasteiger partial charge on any atom is 0.154 e. The zero-order valence-electron chi connectivity index (χ0n) is 10.3. The SMILES string of the molecule is CCNCc1nc(-c2cccs2)n2ccccc12. The first kappa shape index (κ1) is 11.4. The molecule has 0 unspecified atom stereocenters. The molecule has 92 valence electrons. The number of pyridine rings is 1. The number of thiophene rings is 1. The van der Waals surface area contributed by atoms with Gasteiger partial charge in [0.2, 0.25) is 0 Å². The molecule has 1 N–H and O–H groups in total. The number of hydrogen-bond donors (Lipinski definition) is 1. The summed E-state index contributed by atoms with van der Waals surface area (Å²) in [5.74, 6) is 1.04. The molecule has 3 rings (SSSR count). The molecular formula is C14H15N3S. The third-order valence-electron chi connectivity index (χ3n) is 2.91. The smallest absolute Gasteiger partial charge is 0.154 e. The predicted octanol–water partition coefficient (Wildman–Crippen LogP) is 3.17. The number of imidazole rings is 1. The number of aromatic nitrogens is 2. The molecular weight excluding hydrogens is 242 g/mol. The second-order valence-corrected chi connectivity index (χ2v) is 5.04. The fourth-order valence-corrected chi connectivity index (χ4v) is 2.77. The lowest BCUT2D eigenvalue weighted by atomic mass is 10.3. The van der Waals surface area contributed by atoms with Gasteiger partial charge in [-0.2, -0.15) is 0 Å². The first-order valence-corrected chi connectivity index (χ1v) is 6.98. The predicted molar refractivity (Wildman–Crippen MR) is 75.9 cm³/mol. The highest BCUT2D eigenvalue weighted by Gasteiger charge is 2.12. The van der Waals surface area contributed by atoms with Crippen LogP contribution in [0.25, 0.3) is 16.2 Å². The summed E-state index contributed by atoms with van der Waals surface area (Å²) in [6.07, 6.45) is 2.08. The van der Waals surface area contributed by atoms with Gasteiger partial charge in [0.05, 0.1) is 16.1 Å². The molecule has 4 heteroatoms. The van der Waals surface area contributed by atoms with E-state index in [4.69, 9.17) is 4.98 Å². The van der Waals surface area contributed by atoms with E-state index in [9.17, 15) is 0 Å². The van der Waals surface area contributed by atoms with Gasteiger partial charge in [0, 0.05) is 12.7 Å². The molecule has 0 aromatic carbocycles. The van der Waals surface area contributed by atoms with Gasteiger partial charge in [-0.3, -0.25) is 4.40 Å². The molecule has 0 fully saturated rings. The fraction of sp³-hybridized carbons (Fsp3) is 0.214. The molecule has 0 aliphatic carbocycles. The minimum Gasteiger partial charge on any atom is -0.311 e. The van der Waals surface area contributed by atoms with Crippen molar-refractivity contribution < 1.29 is 0 Å². The third kappa shape index (κ3) is 1.94. The minimum absolute atomic E-state index is 0.815. The Morgan fingerprint density at radius 2 is 2.22 bits per heavy atom. The molecule has 0 saturated heterocycles. The molecule has 0 spiro atoms. The summed E-state index contributed by atoms with van der Waals surface area (Å²) in [5.41, 5.74) is 2.29. The van der Waals surface area contributed by atoms with Crippen molar-refractivity contribution in [3.63, 3.8) is 0 Å². The molecule has 18 heavy (non-hydrogen) atoms. The largest absolute Gasteiger partial charge is 0.311 e. The lowest BCUT2D eigenvalue weighted by Crippen LogP contribution is -2.12. The lowest BCUT2D eigenvalue weighted by molar-refractivity contribution is 0.718. The van der Waals surface area contributed by atoms with Crippen LogP contribution >= 0.6 is 11.3 Å². The van der Waals surface area contributed by atoms with Gasteiger partial charge >= 0.3 is 0 Å². The Labute approximate surface area is 110 Å². The zero-order valence-corrected chi connectivity index (χ0v) is 11.1. The number of rotatable bonds is 4. The molecule has 0 aliphatic rings. The van der Waals surface area contributed by atoms with E-state index in [1.165, 1.54) is 10.4 Å². The number of nitrogens with zero attached hydrogens (tertiary/aromatic N) is 2. The summed E-state index contributed by atoms with van der Waals surface area (Å²) >= 11 is 1.72. The van der Waals surface area contributed by atoms with E-state index >= 15 is 0 Å². The Morgan fingerprint density at radius 1 is 1.28 bits per heavy atom. The second-order valence-electron chi connectivity index (χ2n) is 4.10. The first-order valence-electron chi connectivity index (χ1n) is 6.10. The third-order valence-corrected chi connectivity index (χ3v) is 3.77. The molecule has 3 nitrogen and oxygen atoms in total. The highest BCUT2D eigenvalue weighted by Crippen LogP contribution is 2.26. The molecule has 0 saturated carbocycles. The van der Waals surface area contributed by atoms with Crippen LogP contribution in [-0.2, 0) is 6.54 Å². The topological polar surface area (TPSA) is 29.3 Å². The van der Waals surface area contributed by atoms with Gasteiger partial charge in [0.25, 0.3) is 0 Å². The van der Waals surface area contributed by atoms with E-state index < -0.39 is 0 Å². The van der Waals surface area contributed by atoms with Gasteiger partial charge < -0.3 is 5.32 Å². The molecule has 3 aromatic rings. The van der Waals surface area contributed by atoms with Gasteiger partial charge in [0.15, 0.2) is 5.82 Å². The van der Waals surface area contributed by atoms with E-state index in [2.05, 4.69) is 52.5 Å². The highest BCUT2D eigenvalue weighted by atomic mass is 32.1. The highest BCUT2D eigenvalue weighted by molar-refractivity contribution is 7.13. The number of nitrogens with one attached hydrogen (secondary N) is 1. The standard InChI is InChI=1S/C14H15N3S/c1-2-15-10-11-12-6-3-4-8-17(12)14(16-11)13-7-5-9-18-13/h3-9,15H,2,10H2,1H3. The van der Waals surface area contributed by atoms with Crippen molar-refractivity contribution in [3.8, 4) is 10.7 Å². The number of hydrogen-bond acceptors (Lipinski definition) is 3. The van der Waals surface area contributed by atoms with E-state index in [1.807, 2.05) is 6.07 Å².